The van der Waals surface area contributed by atoms with Crippen LogP contribution >= 0.6 is 11.6 Å². The minimum Gasteiger partial charge on any atom is -0.338 e. The third-order valence-corrected chi connectivity index (χ3v) is 5.83. The van der Waals surface area contributed by atoms with Gasteiger partial charge in [0.2, 0.25) is 0 Å². The second-order valence-corrected chi connectivity index (χ2v) is 7.92. The molecule has 0 spiro atoms. The number of carbonyl (C=O) groups is 1. The lowest BCUT2D eigenvalue weighted by Crippen LogP contribution is -2.40. The first-order valence-corrected chi connectivity index (χ1v) is 9.74. The van der Waals surface area contributed by atoms with Crippen LogP contribution in [-0.2, 0) is 6.54 Å². The summed E-state index contributed by atoms with van der Waals surface area (Å²) in [6.45, 7) is 2.33. The van der Waals surface area contributed by atoms with Crippen molar-refractivity contribution in [1.29, 1.82) is 0 Å². The number of amides is 1. The Morgan fingerprint density at radius 2 is 2.08 bits per heavy atom. The van der Waals surface area contributed by atoms with Crippen LogP contribution in [0, 0.1) is 11.7 Å². The topological polar surface area (TPSA) is 38.1 Å². The molecule has 1 amide bonds. The third kappa shape index (κ3) is 3.63. The lowest BCUT2D eigenvalue weighted by Gasteiger charge is -2.34. The minimum atomic E-state index is -0.481. The van der Waals surface area contributed by atoms with E-state index in [-0.39, 0.29) is 16.8 Å². The average Bonchev–Trinajstić information content (AvgIpc) is 3.05. The smallest absolute Gasteiger partial charge is 0.254 e. The van der Waals surface area contributed by atoms with Crippen molar-refractivity contribution in [3.8, 4) is 0 Å². The van der Waals surface area contributed by atoms with Crippen molar-refractivity contribution in [2.24, 2.45) is 5.92 Å². The molecule has 1 aromatic carbocycles. The SMILES string of the molecule is O=C(c1cc(F)cc(Cl)c1)N1CCCC(c2nccn2CC2CCC2)C1. The molecule has 0 bridgehead atoms. The van der Waals surface area contributed by atoms with Crippen molar-refractivity contribution in [1.82, 2.24) is 14.5 Å². The number of rotatable bonds is 4. The molecule has 1 atom stereocenters. The first kappa shape index (κ1) is 17.5. The number of nitrogens with zero attached hydrogens (tertiary/aromatic N) is 3. The predicted octanol–water partition coefficient (Wildman–Crippen LogP) is 4.50. The van der Waals surface area contributed by atoms with Gasteiger partial charge in [-0.2, -0.15) is 0 Å². The summed E-state index contributed by atoms with van der Waals surface area (Å²) in [6, 6.07) is 4.01. The fraction of sp³-hybridized carbons (Fsp3) is 0.500. The Morgan fingerprint density at radius 3 is 2.81 bits per heavy atom. The molecule has 2 fully saturated rings. The Kier molecular flexibility index (Phi) is 4.98. The molecule has 4 rings (SSSR count). The normalized spacial score (nSPS) is 20.8. The maximum atomic E-state index is 13.6. The lowest BCUT2D eigenvalue weighted by molar-refractivity contribution is 0.0702. The molecule has 1 aliphatic carbocycles. The molecule has 26 heavy (non-hydrogen) atoms. The zero-order valence-electron chi connectivity index (χ0n) is 14.7. The highest BCUT2D eigenvalue weighted by atomic mass is 35.5. The van der Waals surface area contributed by atoms with Crippen molar-refractivity contribution >= 4 is 17.5 Å². The van der Waals surface area contributed by atoms with Gasteiger partial charge in [-0.3, -0.25) is 4.79 Å². The molecule has 1 aliphatic heterocycles. The van der Waals surface area contributed by atoms with Gasteiger partial charge in [-0.05, 0) is 49.8 Å². The monoisotopic (exact) mass is 375 g/mol. The van der Waals surface area contributed by atoms with E-state index in [1.807, 2.05) is 11.1 Å². The summed E-state index contributed by atoms with van der Waals surface area (Å²) in [6.07, 6.45) is 9.80. The summed E-state index contributed by atoms with van der Waals surface area (Å²) in [5.74, 6) is 1.43. The number of piperidine rings is 1. The molecule has 138 valence electrons. The lowest BCUT2D eigenvalue weighted by atomic mass is 9.85. The van der Waals surface area contributed by atoms with Crippen LogP contribution in [0.3, 0.4) is 0 Å². The fourth-order valence-electron chi connectivity index (χ4n) is 4.02. The molecular formula is C20H23ClFN3O. The fourth-order valence-corrected chi connectivity index (χ4v) is 4.24. The van der Waals surface area contributed by atoms with Crippen molar-refractivity contribution in [3.63, 3.8) is 0 Å². The van der Waals surface area contributed by atoms with E-state index >= 15 is 0 Å². The molecule has 0 N–H and O–H groups in total. The summed E-state index contributed by atoms with van der Waals surface area (Å²) >= 11 is 5.91. The van der Waals surface area contributed by atoms with Gasteiger partial charge in [-0.25, -0.2) is 9.37 Å². The largest absolute Gasteiger partial charge is 0.338 e. The maximum absolute atomic E-state index is 13.6. The van der Waals surface area contributed by atoms with Gasteiger partial charge in [0.05, 0.1) is 0 Å². The van der Waals surface area contributed by atoms with E-state index < -0.39 is 5.82 Å². The molecule has 2 heterocycles. The second-order valence-electron chi connectivity index (χ2n) is 7.48. The van der Waals surface area contributed by atoms with E-state index in [0.29, 0.717) is 18.7 Å². The number of halogens is 2. The van der Waals surface area contributed by atoms with E-state index in [0.717, 1.165) is 31.1 Å². The van der Waals surface area contributed by atoms with E-state index in [1.54, 1.807) is 0 Å². The van der Waals surface area contributed by atoms with Crippen molar-refractivity contribution < 1.29 is 9.18 Å². The molecule has 2 aromatic rings. The van der Waals surface area contributed by atoms with Gasteiger partial charge in [0.15, 0.2) is 0 Å². The average molecular weight is 376 g/mol. The van der Waals surface area contributed by atoms with Crippen LogP contribution in [0.1, 0.15) is 54.2 Å². The summed E-state index contributed by atoms with van der Waals surface area (Å²) in [5, 5.41) is 0.248. The molecular weight excluding hydrogens is 353 g/mol. The van der Waals surface area contributed by atoms with E-state index in [2.05, 4.69) is 15.7 Å². The number of aromatic nitrogens is 2. The van der Waals surface area contributed by atoms with Crippen LogP contribution in [-0.4, -0.2) is 33.4 Å². The Bertz CT molecular complexity index is 782. The number of benzene rings is 1. The summed E-state index contributed by atoms with van der Waals surface area (Å²) in [4.78, 5) is 19.2. The van der Waals surface area contributed by atoms with Crippen LogP contribution < -0.4 is 0 Å². The van der Waals surface area contributed by atoms with Gasteiger partial charge in [0.1, 0.15) is 11.6 Å². The molecule has 1 saturated heterocycles. The predicted molar refractivity (Wildman–Crippen MR) is 98.9 cm³/mol. The highest BCUT2D eigenvalue weighted by Gasteiger charge is 2.29. The Balaban J connectivity index is 1.49. The van der Waals surface area contributed by atoms with Gasteiger partial charge >= 0.3 is 0 Å². The van der Waals surface area contributed by atoms with Crippen LogP contribution in [0.25, 0.3) is 0 Å². The van der Waals surface area contributed by atoms with Crippen molar-refractivity contribution in [2.75, 3.05) is 13.1 Å². The summed E-state index contributed by atoms with van der Waals surface area (Å²) < 4.78 is 15.9. The number of likely N-dealkylation sites (tertiary alicyclic amines) is 1. The molecule has 6 heteroatoms. The van der Waals surface area contributed by atoms with E-state index in [4.69, 9.17) is 11.6 Å². The minimum absolute atomic E-state index is 0.159. The first-order valence-electron chi connectivity index (χ1n) is 9.36. The molecule has 2 aliphatic rings. The molecule has 1 unspecified atom stereocenters. The maximum Gasteiger partial charge on any atom is 0.254 e. The number of hydrogen-bond acceptors (Lipinski definition) is 2. The van der Waals surface area contributed by atoms with Crippen LogP contribution in [0.4, 0.5) is 4.39 Å². The van der Waals surface area contributed by atoms with Crippen molar-refractivity contribution in [2.45, 2.75) is 44.6 Å². The standard InChI is InChI=1S/C20H23ClFN3O/c21-17-9-16(10-18(22)11-17)20(26)25-7-2-5-15(13-25)19-23-6-8-24(19)12-14-3-1-4-14/h6,8-11,14-15H,1-5,7,12-13H2. The number of imidazole rings is 1. The molecule has 0 radical (unpaired) electrons. The zero-order chi connectivity index (χ0) is 18.1. The third-order valence-electron chi connectivity index (χ3n) is 5.61. The highest BCUT2D eigenvalue weighted by Crippen LogP contribution is 2.31. The van der Waals surface area contributed by atoms with E-state index in [1.165, 1.54) is 37.5 Å². The van der Waals surface area contributed by atoms with Crippen molar-refractivity contribution in [3.05, 3.63) is 52.8 Å². The van der Waals surface area contributed by atoms with Gasteiger partial charge in [0, 0.05) is 48.5 Å². The highest BCUT2D eigenvalue weighted by molar-refractivity contribution is 6.31. The van der Waals surface area contributed by atoms with Crippen LogP contribution in [0.5, 0.6) is 0 Å². The first-order chi connectivity index (χ1) is 12.6. The quantitative estimate of drug-likeness (QED) is 0.789. The zero-order valence-corrected chi connectivity index (χ0v) is 15.5. The molecule has 1 saturated carbocycles. The number of carbonyl (C=O) groups excluding carboxylic acids is 1. The van der Waals surface area contributed by atoms with Gasteiger partial charge in [-0.1, -0.05) is 18.0 Å². The second kappa shape index (κ2) is 7.39. The number of hydrogen-bond donors (Lipinski definition) is 0. The Morgan fingerprint density at radius 1 is 1.23 bits per heavy atom. The Labute approximate surface area is 158 Å². The summed E-state index contributed by atoms with van der Waals surface area (Å²) in [7, 11) is 0. The van der Waals surface area contributed by atoms with E-state index in [9.17, 15) is 9.18 Å². The Hall–Kier alpha value is -1.88. The molecule has 4 nitrogen and oxygen atoms in total. The molecule has 1 aromatic heterocycles. The van der Waals surface area contributed by atoms with Gasteiger partial charge in [-0.15, -0.1) is 0 Å². The van der Waals surface area contributed by atoms with Crippen LogP contribution in [0.2, 0.25) is 5.02 Å². The van der Waals surface area contributed by atoms with Crippen LogP contribution in [0.15, 0.2) is 30.6 Å². The van der Waals surface area contributed by atoms with Gasteiger partial charge in [0.25, 0.3) is 5.91 Å². The van der Waals surface area contributed by atoms with Gasteiger partial charge < -0.3 is 9.47 Å². The summed E-state index contributed by atoms with van der Waals surface area (Å²) in [5.41, 5.74) is 0.313.